The molecule has 0 aliphatic heterocycles. The Kier molecular flexibility index (Phi) is 10.3. The third-order valence-electron chi connectivity index (χ3n) is 6.25. The Balaban J connectivity index is 2.05. The second-order valence-corrected chi connectivity index (χ2v) is 13.4. The minimum absolute atomic E-state index is 0.00122. The van der Waals surface area contributed by atoms with Crippen molar-refractivity contribution in [2.45, 2.75) is 57.6 Å². The summed E-state index contributed by atoms with van der Waals surface area (Å²) < 4.78 is 34.0. The predicted octanol–water partition coefficient (Wildman–Crippen LogP) is 5.84. The van der Waals surface area contributed by atoms with E-state index in [1.54, 1.807) is 49.4 Å². The summed E-state index contributed by atoms with van der Waals surface area (Å²) in [7, 11) is -2.70. The van der Waals surface area contributed by atoms with Crippen LogP contribution in [0, 0.1) is 6.92 Å². The molecule has 11 heteroatoms. The van der Waals surface area contributed by atoms with Crippen molar-refractivity contribution in [3.8, 4) is 5.75 Å². The second kappa shape index (κ2) is 13.1. The van der Waals surface area contributed by atoms with Crippen LogP contribution in [0.3, 0.4) is 0 Å². The third-order valence-corrected chi connectivity index (χ3v) is 8.78. The van der Waals surface area contributed by atoms with Gasteiger partial charge in [0, 0.05) is 12.1 Å². The molecular weight excluding hydrogens is 585 g/mol. The quantitative estimate of drug-likeness (QED) is 0.308. The number of hydrogen-bond donors (Lipinski definition) is 1. The zero-order valence-corrected chi connectivity index (χ0v) is 26.3. The molecule has 3 rings (SSSR count). The lowest BCUT2D eigenvalue weighted by atomic mass is 10.1. The number of amides is 2. The third kappa shape index (κ3) is 8.38. The standard InChI is InChI=1S/C30H35Cl2N3O5S/c1-20-7-10-23(11-8-20)35(41(38,39)25-14-12-24(40-6)13-15-25)19-28(36)34(21(2)29(37)33-30(3,4)5)18-22-9-16-26(31)27(32)17-22/h7-17,21H,18-19H2,1-6H3,(H,33,37)/t21-/m1/s1. The molecule has 0 spiro atoms. The summed E-state index contributed by atoms with van der Waals surface area (Å²) >= 11 is 12.3. The number of anilines is 1. The number of methoxy groups -OCH3 is 1. The van der Waals surface area contributed by atoms with E-state index in [0.29, 0.717) is 27.0 Å². The van der Waals surface area contributed by atoms with Gasteiger partial charge in [-0.15, -0.1) is 0 Å². The van der Waals surface area contributed by atoms with Crippen molar-refractivity contribution in [1.29, 1.82) is 0 Å². The highest BCUT2D eigenvalue weighted by Crippen LogP contribution is 2.27. The summed E-state index contributed by atoms with van der Waals surface area (Å²) in [5, 5.41) is 3.54. The lowest BCUT2D eigenvalue weighted by molar-refractivity contribution is -0.140. The van der Waals surface area contributed by atoms with Crippen molar-refractivity contribution >= 4 is 50.7 Å². The summed E-state index contributed by atoms with van der Waals surface area (Å²) in [6, 6.07) is 16.7. The van der Waals surface area contributed by atoms with Gasteiger partial charge in [0.15, 0.2) is 0 Å². The Morgan fingerprint density at radius 3 is 2.10 bits per heavy atom. The molecule has 2 amide bonds. The van der Waals surface area contributed by atoms with E-state index < -0.39 is 34.1 Å². The minimum atomic E-state index is -4.19. The molecule has 0 unspecified atom stereocenters. The monoisotopic (exact) mass is 619 g/mol. The largest absolute Gasteiger partial charge is 0.497 e. The number of sulfonamides is 1. The van der Waals surface area contributed by atoms with Gasteiger partial charge in [0.25, 0.3) is 10.0 Å². The number of ether oxygens (including phenoxy) is 1. The van der Waals surface area contributed by atoms with Crippen molar-refractivity contribution in [2.24, 2.45) is 0 Å². The first-order valence-electron chi connectivity index (χ1n) is 12.9. The summed E-state index contributed by atoms with van der Waals surface area (Å²) in [6.45, 7) is 8.44. The fourth-order valence-corrected chi connectivity index (χ4v) is 5.74. The fourth-order valence-electron chi connectivity index (χ4n) is 4.01. The lowest BCUT2D eigenvalue weighted by Gasteiger charge is -2.33. The lowest BCUT2D eigenvalue weighted by Crippen LogP contribution is -2.54. The average molecular weight is 621 g/mol. The van der Waals surface area contributed by atoms with Gasteiger partial charge in [-0.1, -0.05) is 47.0 Å². The number of halogens is 2. The number of nitrogens with one attached hydrogen (secondary N) is 1. The first-order valence-corrected chi connectivity index (χ1v) is 15.1. The molecule has 41 heavy (non-hydrogen) atoms. The summed E-state index contributed by atoms with van der Waals surface area (Å²) in [4.78, 5) is 28.5. The maximum atomic E-state index is 14.0. The van der Waals surface area contributed by atoms with Crippen molar-refractivity contribution in [3.05, 3.63) is 87.9 Å². The number of carbonyl (C=O) groups excluding carboxylic acids is 2. The van der Waals surface area contributed by atoms with Gasteiger partial charge in [-0.3, -0.25) is 13.9 Å². The molecule has 0 bridgehead atoms. The van der Waals surface area contributed by atoms with Gasteiger partial charge in [-0.25, -0.2) is 8.42 Å². The van der Waals surface area contributed by atoms with Gasteiger partial charge in [0.1, 0.15) is 18.3 Å². The first-order chi connectivity index (χ1) is 19.1. The van der Waals surface area contributed by atoms with E-state index in [1.165, 1.54) is 36.3 Å². The highest BCUT2D eigenvalue weighted by Gasteiger charge is 2.33. The molecule has 0 fully saturated rings. The Morgan fingerprint density at radius 1 is 0.951 bits per heavy atom. The van der Waals surface area contributed by atoms with E-state index in [0.717, 1.165) is 9.87 Å². The molecular formula is C30H35Cl2N3O5S. The van der Waals surface area contributed by atoms with Gasteiger partial charge in [-0.05, 0) is 88.7 Å². The molecule has 0 aromatic heterocycles. The summed E-state index contributed by atoms with van der Waals surface area (Å²) in [5.74, 6) is -0.468. The number of hydrogen-bond acceptors (Lipinski definition) is 5. The molecule has 220 valence electrons. The molecule has 0 aliphatic carbocycles. The molecule has 3 aromatic rings. The van der Waals surface area contributed by atoms with Crippen molar-refractivity contribution < 1.29 is 22.7 Å². The van der Waals surface area contributed by atoms with Gasteiger partial charge < -0.3 is 15.0 Å². The van der Waals surface area contributed by atoms with E-state index in [4.69, 9.17) is 27.9 Å². The first kappa shape index (κ1) is 32.2. The van der Waals surface area contributed by atoms with Crippen LogP contribution in [0.5, 0.6) is 5.75 Å². The molecule has 3 aromatic carbocycles. The van der Waals surface area contributed by atoms with Crippen LogP contribution in [0.2, 0.25) is 10.0 Å². The number of benzene rings is 3. The van der Waals surface area contributed by atoms with Crippen LogP contribution in [0.4, 0.5) is 5.69 Å². The van der Waals surface area contributed by atoms with Crippen molar-refractivity contribution in [2.75, 3.05) is 18.0 Å². The van der Waals surface area contributed by atoms with E-state index >= 15 is 0 Å². The number of rotatable bonds is 10. The Hall–Kier alpha value is -3.27. The molecule has 1 atom stereocenters. The van der Waals surface area contributed by atoms with E-state index in [-0.39, 0.29) is 17.3 Å². The predicted molar refractivity (Wildman–Crippen MR) is 163 cm³/mol. The normalized spacial score (nSPS) is 12.4. The zero-order valence-electron chi connectivity index (χ0n) is 23.9. The number of nitrogens with zero attached hydrogens (tertiary/aromatic N) is 2. The SMILES string of the molecule is COc1ccc(S(=O)(=O)N(CC(=O)N(Cc2ccc(Cl)c(Cl)c2)[C@H](C)C(=O)NC(C)(C)C)c2ccc(C)cc2)cc1. The van der Waals surface area contributed by atoms with E-state index in [9.17, 15) is 18.0 Å². The molecule has 1 N–H and O–H groups in total. The maximum Gasteiger partial charge on any atom is 0.264 e. The Morgan fingerprint density at radius 2 is 1.56 bits per heavy atom. The van der Waals surface area contributed by atoms with E-state index in [1.807, 2.05) is 27.7 Å². The molecule has 8 nitrogen and oxygen atoms in total. The average Bonchev–Trinajstić information content (AvgIpc) is 2.91. The van der Waals surface area contributed by atoms with Gasteiger partial charge in [-0.2, -0.15) is 0 Å². The molecule has 0 aliphatic rings. The van der Waals surface area contributed by atoms with Gasteiger partial charge in [0.05, 0.1) is 27.7 Å². The summed E-state index contributed by atoms with van der Waals surface area (Å²) in [6.07, 6.45) is 0. The Labute approximate surface area is 252 Å². The molecule has 0 saturated heterocycles. The fraction of sp³-hybridized carbons (Fsp3) is 0.333. The summed E-state index contributed by atoms with van der Waals surface area (Å²) in [5.41, 5.74) is 1.31. The highest BCUT2D eigenvalue weighted by atomic mass is 35.5. The van der Waals surface area contributed by atoms with Crippen LogP contribution in [0.25, 0.3) is 0 Å². The topological polar surface area (TPSA) is 96.0 Å². The van der Waals surface area contributed by atoms with Gasteiger partial charge >= 0.3 is 0 Å². The van der Waals surface area contributed by atoms with E-state index in [2.05, 4.69) is 5.32 Å². The smallest absolute Gasteiger partial charge is 0.264 e. The molecule has 0 radical (unpaired) electrons. The highest BCUT2D eigenvalue weighted by molar-refractivity contribution is 7.92. The second-order valence-electron chi connectivity index (χ2n) is 10.7. The van der Waals surface area contributed by atoms with Crippen LogP contribution in [0.15, 0.2) is 71.6 Å². The Bertz CT molecular complexity index is 1490. The van der Waals surface area contributed by atoms with Crippen molar-refractivity contribution in [3.63, 3.8) is 0 Å². The molecule has 0 heterocycles. The minimum Gasteiger partial charge on any atom is -0.497 e. The van der Waals surface area contributed by atoms with Crippen LogP contribution in [0.1, 0.15) is 38.8 Å². The zero-order chi connectivity index (χ0) is 30.5. The maximum absolute atomic E-state index is 14.0. The molecule has 0 saturated carbocycles. The number of carbonyl (C=O) groups is 2. The van der Waals surface area contributed by atoms with Crippen molar-refractivity contribution in [1.82, 2.24) is 10.2 Å². The van der Waals surface area contributed by atoms with Crippen LogP contribution in [-0.2, 0) is 26.2 Å². The van der Waals surface area contributed by atoms with Crippen LogP contribution >= 0.6 is 23.2 Å². The van der Waals surface area contributed by atoms with Crippen LogP contribution in [-0.4, -0.2) is 50.4 Å². The number of aryl methyl sites for hydroxylation is 1. The van der Waals surface area contributed by atoms with Crippen LogP contribution < -0.4 is 14.4 Å². The van der Waals surface area contributed by atoms with Gasteiger partial charge in [0.2, 0.25) is 11.8 Å².